The predicted molar refractivity (Wildman–Crippen MR) is 186 cm³/mol. The molecule has 49 heavy (non-hydrogen) atoms. The highest BCUT2D eigenvalue weighted by Crippen LogP contribution is 2.48. The van der Waals surface area contributed by atoms with Crippen LogP contribution in [0.2, 0.25) is 5.15 Å². The highest BCUT2D eigenvalue weighted by Gasteiger charge is 2.42. The lowest BCUT2D eigenvalue weighted by Crippen LogP contribution is -2.45. The van der Waals surface area contributed by atoms with E-state index in [1.807, 2.05) is 30.4 Å². The van der Waals surface area contributed by atoms with Crippen LogP contribution in [0.3, 0.4) is 0 Å². The van der Waals surface area contributed by atoms with Gasteiger partial charge in [-0.15, -0.1) is 5.10 Å². The van der Waals surface area contributed by atoms with E-state index in [0.29, 0.717) is 48.4 Å². The van der Waals surface area contributed by atoms with Crippen LogP contribution in [0.1, 0.15) is 90.4 Å². The number of anilines is 1. The minimum Gasteiger partial charge on any atom is -0.477 e. The third-order valence-electron chi connectivity index (χ3n) is 8.87. The molecule has 2 amide bonds. The van der Waals surface area contributed by atoms with Gasteiger partial charge in [-0.1, -0.05) is 18.5 Å². The molecule has 0 bridgehead atoms. The minimum atomic E-state index is -4.33. The number of pyridine rings is 2. The van der Waals surface area contributed by atoms with Crippen molar-refractivity contribution in [2.75, 3.05) is 25.0 Å². The van der Waals surface area contributed by atoms with E-state index in [4.69, 9.17) is 21.1 Å². The summed E-state index contributed by atoms with van der Waals surface area (Å²) in [7, 11) is -4.33. The van der Waals surface area contributed by atoms with E-state index in [0.717, 1.165) is 25.7 Å². The van der Waals surface area contributed by atoms with Crippen molar-refractivity contribution in [2.45, 2.75) is 96.2 Å². The van der Waals surface area contributed by atoms with Crippen LogP contribution in [0.25, 0.3) is 5.82 Å². The molecule has 1 aliphatic heterocycles. The summed E-state index contributed by atoms with van der Waals surface area (Å²) in [4.78, 5) is 35.7. The lowest BCUT2D eigenvalue weighted by atomic mass is 9.93. The lowest BCUT2D eigenvalue weighted by Gasteiger charge is -2.33. The second-order valence-electron chi connectivity index (χ2n) is 14.9. The molecule has 1 saturated carbocycles. The van der Waals surface area contributed by atoms with Gasteiger partial charge in [0.25, 0.3) is 15.9 Å². The van der Waals surface area contributed by atoms with Gasteiger partial charge in [0.05, 0.1) is 12.2 Å². The molecule has 2 aliphatic rings. The number of nitrogens with one attached hydrogen (secondary N) is 2. The highest BCUT2D eigenvalue weighted by molar-refractivity contribution is 7.90. The molecule has 3 aromatic heterocycles. The molecule has 4 heterocycles. The number of amides is 2. The quantitative estimate of drug-likeness (QED) is 0.154. The first-order valence-electron chi connectivity index (χ1n) is 16.6. The van der Waals surface area contributed by atoms with Crippen LogP contribution in [0.4, 0.5) is 10.5 Å². The lowest BCUT2D eigenvalue weighted by molar-refractivity contribution is 0.0130. The summed E-state index contributed by atoms with van der Waals surface area (Å²) in [6.45, 7) is 13.7. The third-order valence-corrected chi connectivity index (χ3v) is 10.4. The Bertz CT molecular complexity index is 1780. The summed E-state index contributed by atoms with van der Waals surface area (Å²) in [5.41, 5.74) is -0.0574. The fraction of sp³-hybridized carbons (Fsp3) is 0.559. The van der Waals surface area contributed by atoms with Crippen molar-refractivity contribution in [1.29, 1.82) is 0 Å². The Morgan fingerprint density at radius 2 is 1.88 bits per heavy atom. The number of aromatic nitrogens is 4. The van der Waals surface area contributed by atoms with Crippen molar-refractivity contribution in [3.8, 4) is 11.7 Å². The standard InChI is InChI=1S/C34H46ClN7O6S/c1-32(2,3)48-31(44)41-22-23(21-33(41,4)5)8-7-16-36-24-11-17-37-28(20-24)49(45,46)40-30(43)25-9-10-26(38-29(25)35)42-18-12-27(39-42)47-19-15-34(6)13-14-34/h9-12,17-18,20,23H,7-8,13-16,19,21-22H2,1-6H3,(H,36,37)(H,40,43). The minimum absolute atomic E-state index is 0.120. The maximum absolute atomic E-state index is 13.1. The molecule has 3 aromatic rings. The van der Waals surface area contributed by atoms with Crippen LogP contribution in [0.15, 0.2) is 47.8 Å². The van der Waals surface area contributed by atoms with Crippen molar-refractivity contribution in [2.24, 2.45) is 11.3 Å². The van der Waals surface area contributed by atoms with Gasteiger partial charge in [-0.2, -0.15) is 8.42 Å². The molecule has 1 unspecified atom stereocenters. The van der Waals surface area contributed by atoms with Gasteiger partial charge in [0.15, 0.2) is 10.8 Å². The van der Waals surface area contributed by atoms with Crippen LogP contribution in [0, 0.1) is 11.3 Å². The average molecular weight is 716 g/mol. The van der Waals surface area contributed by atoms with Gasteiger partial charge in [0, 0.05) is 48.8 Å². The first-order valence-corrected chi connectivity index (χ1v) is 18.4. The smallest absolute Gasteiger partial charge is 0.410 e. The zero-order valence-electron chi connectivity index (χ0n) is 29.0. The largest absolute Gasteiger partial charge is 0.477 e. The van der Waals surface area contributed by atoms with Gasteiger partial charge in [-0.05, 0) is 103 Å². The molecular formula is C34H46ClN7O6S. The molecule has 5 rings (SSSR count). The van der Waals surface area contributed by atoms with E-state index in [9.17, 15) is 18.0 Å². The molecule has 0 radical (unpaired) electrons. The molecular weight excluding hydrogens is 670 g/mol. The summed E-state index contributed by atoms with van der Waals surface area (Å²) in [6.07, 6.45) is 8.67. The van der Waals surface area contributed by atoms with Crippen LogP contribution < -0.4 is 14.8 Å². The van der Waals surface area contributed by atoms with Crippen molar-refractivity contribution >= 4 is 39.3 Å². The predicted octanol–water partition coefficient (Wildman–Crippen LogP) is 6.23. The fourth-order valence-electron chi connectivity index (χ4n) is 5.84. The summed E-state index contributed by atoms with van der Waals surface area (Å²) in [6, 6.07) is 7.63. The van der Waals surface area contributed by atoms with Crippen LogP contribution >= 0.6 is 11.6 Å². The SMILES string of the molecule is CC1(CCOc2ccn(-c3ccc(C(=O)NS(=O)(=O)c4cc(NCCCC5CN(C(=O)OC(C)(C)C)C(C)(C)C5)ccn4)c(Cl)n3)n2)CC1. The average Bonchev–Trinajstić information content (AvgIpc) is 3.40. The number of carbonyl (C=O) groups is 2. The van der Waals surface area contributed by atoms with E-state index < -0.39 is 21.5 Å². The van der Waals surface area contributed by atoms with Gasteiger partial charge in [0.2, 0.25) is 5.88 Å². The van der Waals surface area contributed by atoms with Crippen LogP contribution in [0.5, 0.6) is 5.88 Å². The molecule has 1 aliphatic carbocycles. The van der Waals surface area contributed by atoms with E-state index in [1.54, 1.807) is 18.3 Å². The topological polar surface area (TPSA) is 158 Å². The number of carbonyl (C=O) groups excluding carboxylic acids is 2. The molecule has 0 spiro atoms. The Kier molecular flexibility index (Phi) is 10.5. The number of likely N-dealkylation sites (tertiary alicyclic amines) is 1. The Hall–Kier alpha value is -3.91. The highest BCUT2D eigenvalue weighted by atomic mass is 35.5. The second kappa shape index (κ2) is 14.1. The number of hydrogen-bond donors (Lipinski definition) is 2. The molecule has 13 nitrogen and oxygen atoms in total. The van der Waals surface area contributed by atoms with Gasteiger partial charge in [0.1, 0.15) is 10.8 Å². The van der Waals surface area contributed by atoms with Crippen LogP contribution in [-0.4, -0.2) is 75.9 Å². The first-order chi connectivity index (χ1) is 22.9. The zero-order chi connectivity index (χ0) is 35.6. The maximum atomic E-state index is 13.1. The van der Waals surface area contributed by atoms with E-state index in [1.165, 1.54) is 41.9 Å². The third kappa shape index (κ3) is 9.62. The number of hydrogen-bond acceptors (Lipinski definition) is 10. The zero-order valence-corrected chi connectivity index (χ0v) is 30.5. The Morgan fingerprint density at radius 3 is 2.57 bits per heavy atom. The molecule has 0 aromatic carbocycles. The number of nitrogens with zero attached hydrogens (tertiary/aromatic N) is 5. The molecule has 1 atom stereocenters. The summed E-state index contributed by atoms with van der Waals surface area (Å²) < 4.78 is 41.1. The van der Waals surface area contributed by atoms with Gasteiger partial charge in [-0.25, -0.2) is 24.2 Å². The van der Waals surface area contributed by atoms with Crippen molar-refractivity contribution in [1.82, 2.24) is 29.4 Å². The first kappa shape index (κ1) is 36.4. The van der Waals surface area contributed by atoms with E-state index in [-0.39, 0.29) is 27.4 Å². The molecule has 15 heteroatoms. The van der Waals surface area contributed by atoms with Gasteiger partial charge < -0.3 is 19.7 Å². The number of halogens is 1. The Morgan fingerprint density at radius 1 is 1.12 bits per heavy atom. The number of rotatable bonds is 13. The van der Waals surface area contributed by atoms with E-state index >= 15 is 0 Å². The van der Waals surface area contributed by atoms with Crippen molar-refractivity contribution in [3.63, 3.8) is 0 Å². The monoisotopic (exact) mass is 715 g/mol. The number of ether oxygens (including phenoxy) is 2. The van der Waals surface area contributed by atoms with Crippen molar-refractivity contribution in [3.05, 3.63) is 53.4 Å². The molecule has 2 fully saturated rings. The van der Waals surface area contributed by atoms with Gasteiger partial charge in [-0.3, -0.25) is 4.79 Å². The number of sulfonamides is 1. The Labute approximate surface area is 293 Å². The van der Waals surface area contributed by atoms with Crippen LogP contribution in [-0.2, 0) is 14.8 Å². The van der Waals surface area contributed by atoms with Gasteiger partial charge >= 0.3 is 6.09 Å². The normalized spacial score (nSPS) is 18.2. The maximum Gasteiger partial charge on any atom is 0.410 e. The molecule has 1 saturated heterocycles. The van der Waals surface area contributed by atoms with Crippen molar-refractivity contribution < 1.29 is 27.5 Å². The summed E-state index contributed by atoms with van der Waals surface area (Å²) >= 11 is 6.31. The Balaban J connectivity index is 1.12. The summed E-state index contributed by atoms with van der Waals surface area (Å²) in [5, 5.41) is 7.08. The fourth-order valence-corrected chi connectivity index (χ4v) is 7.01. The summed E-state index contributed by atoms with van der Waals surface area (Å²) in [5.74, 6) is 0.164. The molecule has 266 valence electrons. The molecule has 2 N–H and O–H groups in total. The second-order valence-corrected chi connectivity index (χ2v) is 16.9. The van der Waals surface area contributed by atoms with E-state index in [2.05, 4.69) is 41.2 Å².